The van der Waals surface area contributed by atoms with Crippen molar-refractivity contribution in [1.29, 1.82) is 0 Å². The van der Waals surface area contributed by atoms with Crippen LogP contribution in [0.1, 0.15) is 44.6 Å². The number of hydrogen-bond donors (Lipinski definition) is 0. The second-order valence-corrected chi connectivity index (χ2v) is 6.71. The topological polar surface area (TPSA) is 51.1 Å². The van der Waals surface area contributed by atoms with Crippen molar-refractivity contribution < 1.29 is 14.3 Å². The number of aliphatic imine (C=N–C) groups is 1. The zero-order valence-electron chi connectivity index (χ0n) is 15.0. The minimum absolute atomic E-state index is 0.300. The van der Waals surface area contributed by atoms with E-state index in [0.717, 1.165) is 49.3 Å². The summed E-state index contributed by atoms with van der Waals surface area (Å²) >= 11 is 0. The summed E-state index contributed by atoms with van der Waals surface area (Å²) in [6.07, 6.45) is 7.83. The molecule has 1 aromatic carbocycles. The van der Waals surface area contributed by atoms with E-state index in [0.29, 0.717) is 25.3 Å². The number of ether oxygens (including phenoxy) is 2. The van der Waals surface area contributed by atoms with E-state index in [9.17, 15) is 4.79 Å². The van der Waals surface area contributed by atoms with Crippen LogP contribution in [-0.2, 0) is 4.79 Å². The average Bonchev–Trinajstić information content (AvgIpc) is 3.24. The number of carbonyl (C=O) groups excluding carboxylic acids is 1. The molecule has 0 radical (unpaired) electrons. The van der Waals surface area contributed by atoms with Crippen LogP contribution in [0, 0.1) is 0 Å². The van der Waals surface area contributed by atoms with Gasteiger partial charge in [0.25, 0.3) is 0 Å². The van der Waals surface area contributed by atoms with Crippen LogP contribution in [0.15, 0.2) is 35.5 Å². The fraction of sp³-hybridized carbons (Fsp3) is 0.500. The van der Waals surface area contributed by atoms with Crippen molar-refractivity contribution in [3.63, 3.8) is 0 Å². The normalized spacial score (nSPS) is 23.5. The third-order valence-electron chi connectivity index (χ3n) is 4.99. The first-order valence-electron chi connectivity index (χ1n) is 8.93. The van der Waals surface area contributed by atoms with Crippen molar-refractivity contribution >= 4 is 12.0 Å². The fourth-order valence-electron chi connectivity index (χ4n) is 3.65. The number of aldehydes is 1. The number of rotatable bonds is 7. The Kier molecular flexibility index (Phi) is 5.87. The van der Waals surface area contributed by atoms with Gasteiger partial charge >= 0.3 is 0 Å². The van der Waals surface area contributed by atoms with Gasteiger partial charge < -0.3 is 14.3 Å². The van der Waals surface area contributed by atoms with E-state index in [2.05, 4.69) is 28.9 Å². The third-order valence-corrected chi connectivity index (χ3v) is 4.99. The van der Waals surface area contributed by atoms with E-state index in [4.69, 9.17) is 9.47 Å². The number of benzene rings is 1. The van der Waals surface area contributed by atoms with Gasteiger partial charge in [-0.05, 0) is 56.7 Å². The summed E-state index contributed by atoms with van der Waals surface area (Å²) in [4.78, 5) is 17.8. The maximum absolute atomic E-state index is 11.1. The van der Waals surface area contributed by atoms with E-state index >= 15 is 0 Å². The molecule has 0 amide bonds. The van der Waals surface area contributed by atoms with Crippen LogP contribution in [-0.4, -0.2) is 42.8 Å². The number of likely N-dealkylation sites (tertiary alicyclic amines) is 1. The first-order chi connectivity index (χ1) is 12.2. The molecule has 0 spiro atoms. The van der Waals surface area contributed by atoms with E-state index < -0.39 is 0 Å². The second kappa shape index (κ2) is 8.30. The van der Waals surface area contributed by atoms with Crippen LogP contribution in [0.4, 0.5) is 0 Å². The Bertz CT molecular complexity index is 669. The van der Waals surface area contributed by atoms with Gasteiger partial charge in [0.15, 0.2) is 11.5 Å². The Balaban J connectivity index is 1.66. The molecule has 5 nitrogen and oxygen atoms in total. The van der Waals surface area contributed by atoms with Crippen LogP contribution < -0.4 is 9.47 Å². The van der Waals surface area contributed by atoms with Crippen molar-refractivity contribution in [2.45, 2.75) is 45.1 Å². The molecule has 2 atom stereocenters. The highest BCUT2D eigenvalue weighted by molar-refractivity contribution is 5.82. The van der Waals surface area contributed by atoms with Gasteiger partial charge in [0.1, 0.15) is 6.29 Å². The molecule has 2 aliphatic rings. The predicted molar refractivity (Wildman–Crippen MR) is 98.5 cm³/mol. The molecule has 3 rings (SSSR count). The highest BCUT2D eigenvalue weighted by Crippen LogP contribution is 2.39. The average molecular weight is 342 g/mol. The van der Waals surface area contributed by atoms with Crippen LogP contribution in [0.25, 0.3) is 0 Å². The molecule has 1 saturated heterocycles. The van der Waals surface area contributed by atoms with E-state index in [1.54, 1.807) is 0 Å². The minimum atomic E-state index is 0.300. The van der Waals surface area contributed by atoms with Crippen LogP contribution in [0.3, 0.4) is 0 Å². The number of allylic oxidation sites excluding steroid dienone is 1. The molecule has 2 aliphatic heterocycles. The Morgan fingerprint density at radius 1 is 1.36 bits per heavy atom. The first kappa shape index (κ1) is 17.7. The lowest BCUT2D eigenvalue weighted by Gasteiger charge is -2.21. The lowest BCUT2D eigenvalue weighted by molar-refractivity contribution is -0.109. The lowest BCUT2D eigenvalue weighted by atomic mass is 9.94. The Morgan fingerprint density at radius 3 is 3.00 bits per heavy atom. The Morgan fingerprint density at radius 2 is 2.20 bits per heavy atom. The molecule has 25 heavy (non-hydrogen) atoms. The molecule has 0 aromatic heterocycles. The SMILES string of the molecule is C/C=C\N=C(C)CCC1CC(c2ccc3c(c2)OCO3)CN1CC=O. The summed E-state index contributed by atoms with van der Waals surface area (Å²) < 4.78 is 10.9. The molecular weight excluding hydrogens is 316 g/mol. The first-order valence-corrected chi connectivity index (χ1v) is 8.93. The number of nitrogens with zero attached hydrogens (tertiary/aromatic N) is 2. The lowest BCUT2D eigenvalue weighted by Crippen LogP contribution is -2.31. The highest BCUT2D eigenvalue weighted by Gasteiger charge is 2.33. The van der Waals surface area contributed by atoms with Crippen LogP contribution >= 0.6 is 0 Å². The molecule has 1 aromatic rings. The zero-order chi connectivity index (χ0) is 17.6. The van der Waals surface area contributed by atoms with Gasteiger partial charge in [0.05, 0.1) is 6.54 Å². The molecule has 0 N–H and O–H groups in total. The molecule has 2 unspecified atom stereocenters. The predicted octanol–water partition coefficient (Wildman–Crippen LogP) is 3.55. The van der Waals surface area contributed by atoms with E-state index in [1.807, 2.05) is 25.3 Å². The molecule has 0 bridgehead atoms. The smallest absolute Gasteiger partial charge is 0.231 e. The van der Waals surface area contributed by atoms with Crippen molar-refractivity contribution in [2.75, 3.05) is 19.9 Å². The van der Waals surface area contributed by atoms with Crippen molar-refractivity contribution in [2.24, 2.45) is 4.99 Å². The summed E-state index contributed by atoms with van der Waals surface area (Å²) in [5.41, 5.74) is 2.40. The standard InChI is InChI=1S/C20H26N2O3/c1-3-8-21-15(2)4-6-18-11-17(13-22(18)9-10-23)16-5-7-19-20(12-16)25-14-24-19/h3,5,7-8,10,12,17-18H,4,6,9,11,13-14H2,1-2H3/b8-3-,21-15?. The Hall–Kier alpha value is -2.14. The molecule has 5 heteroatoms. The summed E-state index contributed by atoms with van der Waals surface area (Å²) in [7, 11) is 0. The second-order valence-electron chi connectivity index (χ2n) is 6.71. The van der Waals surface area contributed by atoms with Gasteiger partial charge in [0, 0.05) is 24.5 Å². The van der Waals surface area contributed by atoms with Gasteiger partial charge in [0.2, 0.25) is 6.79 Å². The maximum atomic E-state index is 11.1. The fourth-order valence-corrected chi connectivity index (χ4v) is 3.65. The Labute approximate surface area is 149 Å². The molecule has 0 aliphatic carbocycles. The van der Waals surface area contributed by atoms with Gasteiger partial charge in [-0.15, -0.1) is 0 Å². The summed E-state index contributed by atoms with van der Waals surface area (Å²) in [5, 5.41) is 0. The summed E-state index contributed by atoms with van der Waals surface area (Å²) in [5.74, 6) is 2.07. The minimum Gasteiger partial charge on any atom is -0.454 e. The zero-order valence-corrected chi connectivity index (χ0v) is 15.0. The number of hydrogen-bond acceptors (Lipinski definition) is 5. The molecule has 1 fully saturated rings. The molecule has 0 saturated carbocycles. The van der Waals surface area contributed by atoms with Gasteiger partial charge in [-0.1, -0.05) is 12.1 Å². The third kappa shape index (κ3) is 4.28. The monoisotopic (exact) mass is 342 g/mol. The number of carbonyl (C=O) groups is 1. The molecular formula is C20H26N2O3. The van der Waals surface area contributed by atoms with Crippen LogP contribution in [0.5, 0.6) is 11.5 Å². The van der Waals surface area contributed by atoms with Crippen molar-refractivity contribution in [1.82, 2.24) is 4.90 Å². The van der Waals surface area contributed by atoms with Crippen LogP contribution in [0.2, 0.25) is 0 Å². The molecule has 134 valence electrons. The van der Waals surface area contributed by atoms with E-state index in [1.165, 1.54) is 5.56 Å². The van der Waals surface area contributed by atoms with Gasteiger partial charge in [-0.3, -0.25) is 9.89 Å². The summed E-state index contributed by atoms with van der Waals surface area (Å²) in [6.45, 7) is 5.74. The highest BCUT2D eigenvalue weighted by atomic mass is 16.7. The maximum Gasteiger partial charge on any atom is 0.231 e. The van der Waals surface area contributed by atoms with Gasteiger partial charge in [-0.2, -0.15) is 0 Å². The van der Waals surface area contributed by atoms with E-state index in [-0.39, 0.29) is 0 Å². The van der Waals surface area contributed by atoms with Gasteiger partial charge in [-0.25, -0.2) is 0 Å². The quantitative estimate of drug-likeness (QED) is 0.562. The van der Waals surface area contributed by atoms with Crippen molar-refractivity contribution in [3.8, 4) is 11.5 Å². The number of fused-ring (bicyclic) bond motifs is 1. The van der Waals surface area contributed by atoms with Crippen molar-refractivity contribution in [3.05, 3.63) is 36.0 Å². The molecule has 2 heterocycles. The summed E-state index contributed by atoms with van der Waals surface area (Å²) in [6, 6.07) is 6.62. The largest absolute Gasteiger partial charge is 0.454 e.